The molecular formula is C13H7ClF4OS. The van der Waals surface area contributed by atoms with Gasteiger partial charge in [0.2, 0.25) is 0 Å². The minimum absolute atomic E-state index is 0.185. The molecule has 0 bridgehead atoms. The van der Waals surface area contributed by atoms with E-state index in [4.69, 9.17) is 11.6 Å². The number of thiophene rings is 1. The molecule has 106 valence electrons. The van der Waals surface area contributed by atoms with E-state index in [9.17, 15) is 22.4 Å². The Morgan fingerprint density at radius 1 is 1.20 bits per heavy atom. The molecule has 2 rings (SSSR count). The Morgan fingerprint density at radius 2 is 1.90 bits per heavy atom. The standard InChI is InChI=1S/C13H7ClF4OS/c14-12-4-2-8(20-12)6-11(19)9-5-7(13(16,17)18)1-3-10(9)15/h1-5H,6H2. The summed E-state index contributed by atoms with van der Waals surface area (Å²) < 4.78 is 51.6. The van der Waals surface area contributed by atoms with Gasteiger partial charge in [-0.05, 0) is 30.3 Å². The van der Waals surface area contributed by atoms with Crippen molar-refractivity contribution in [1.29, 1.82) is 0 Å². The van der Waals surface area contributed by atoms with Crippen LogP contribution in [0.4, 0.5) is 17.6 Å². The molecule has 7 heteroatoms. The average Bonchev–Trinajstić information content (AvgIpc) is 2.73. The van der Waals surface area contributed by atoms with Crippen LogP contribution in [0.5, 0.6) is 0 Å². The van der Waals surface area contributed by atoms with Crippen LogP contribution >= 0.6 is 22.9 Å². The average molecular weight is 323 g/mol. The van der Waals surface area contributed by atoms with E-state index in [-0.39, 0.29) is 6.42 Å². The largest absolute Gasteiger partial charge is 0.416 e. The molecule has 0 radical (unpaired) electrons. The topological polar surface area (TPSA) is 17.1 Å². The van der Waals surface area contributed by atoms with E-state index in [1.54, 1.807) is 12.1 Å². The van der Waals surface area contributed by atoms with Gasteiger partial charge in [-0.15, -0.1) is 11.3 Å². The van der Waals surface area contributed by atoms with Crippen LogP contribution in [0, 0.1) is 5.82 Å². The summed E-state index contributed by atoms with van der Waals surface area (Å²) in [4.78, 5) is 12.4. The second-order valence-corrected chi connectivity index (χ2v) is 5.80. The van der Waals surface area contributed by atoms with Gasteiger partial charge in [-0.25, -0.2) is 4.39 Å². The summed E-state index contributed by atoms with van der Waals surface area (Å²) in [6.45, 7) is 0. The van der Waals surface area contributed by atoms with E-state index in [1.807, 2.05) is 0 Å². The first-order valence-electron chi connectivity index (χ1n) is 5.41. The third-order valence-electron chi connectivity index (χ3n) is 2.56. The zero-order chi connectivity index (χ0) is 14.9. The van der Waals surface area contributed by atoms with Crippen molar-refractivity contribution >= 4 is 28.7 Å². The van der Waals surface area contributed by atoms with Crippen molar-refractivity contribution in [1.82, 2.24) is 0 Å². The van der Waals surface area contributed by atoms with Crippen molar-refractivity contribution in [2.75, 3.05) is 0 Å². The van der Waals surface area contributed by atoms with Crippen molar-refractivity contribution < 1.29 is 22.4 Å². The molecule has 0 unspecified atom stereocenters. The lowest BCUT2D eigenvalue weighted by Gasteiger charge is -2.09. The molecule has 1 heterocycles. The third-order valence-corrected chi connectivity index (χ3v) is 3.79. The van der Waals surface area contributed by atoms with Gasteiger partial charge in [-0.1, -0.05) is 11.6 Å². The van der Waals surface area contributed by atoms with E-state index in [0.717, 1.165) is 11.3 Å². The van der Waals surface area contributed by atoms with E-state index in [2.05, 4.69) is 0 Å². The molecule has 0 amide bonds. The van der Waals surface area contributed by atoms with E-state index in [1.165, 1.54) is 0 Å². The van der Waals surface area contributed by atoms with Gasteiger partial charge < -0.3 is 0 Å². The zero-order valence-corrected chi connectivity index (χ0v) is 11.4. The highest BCUT2D eigenvalue weighted by Crippen LogP contribution is 2.31. The smallest absolute Gasteiger partial charge is 0.294 e. The lowest BCUT2D eigenvalue weighted by molar-refractivity contribution is -0.137. The van der Waals surface area contributed by atoms with Crippen LogP contribution in [-0.2, 0) is 12.6 Å². The fourth-order valence-electron chi connectivity index (χ4n) is 1.62. The molecule has 0 aliphatic carbocycles. The summed E-state index contributed by atoms with van der Waals surface area (Å²) >= 11 is 6.82. The third kappa shape index (κ3) is 3.37. The van der Waals surface area contributed by atoms with Gasteiger partial charge in [0.15, 0.2) is 5.78 Å². The van der Waals surface area contributed by atoms with Crippen LogP contribution in [0.2, 0.25) is 4.34 Å². The Balaban J connectivity index is 2.29. The molecule has 0 saturated carbocycles. The molecule has 0 aliphatic heterocycles. The van der Waals surface area contributed by atoms with E-state index < -0.39 is 28.9 Å². The predicted molar refractivity (Wildman–Crippen MR) is 68.8 cm³/mol. The Hall–Kier alpha value is -1.40. The SMILES string of the molecule is O=C(Cc1ccc(Cl)s1)c1cc(C(F)(F)F)ccc1F. The predicted octanol–water partition coefficient (Wildman–Crippen LogP) is 4.98. The zero-order valence-electron chi connectivity index (χ0n) is 9.80. The van der Waals surface area contributed by atoms with Crippen LogP contribution in [0.15, 0.2) is 30.3 Å². The molecule has 0 fully saturated rings. The molecule has 20 heavy (non-hydrogen) atoms. The fraction of sp³-hybridized carbons (Fsp3) is 0.154. The Labute approximate surface area is 120 Å². The summed E-state index contributed by atoms with van der Waals surface area (Å²) in [6, 6.07) is 4.94. The normalized spacial score (nSPS) is 11.7. The quantitative estimate of drug-likeness (QED) is 0.575. The Bertz CT molecular complexity index is 648. The number of Topliss-reactive ketones (excluding diaryl/α,β-unsaturated/α-hetero) is 1. The molecule has 0 spiro atoms. The van der Waals surface area contributed by atoms with E-state index >= 15 is 0 Å². The maximum absolute atomic E-state index is 13.5. The molecule has 0 aliphatic rings. The van der Waals surface area contributed by atoms with Gasteiger partial charge >= 0.3 is 6.18 Å². The van der Waals surface area contributed by atoms with Gasteiger partial charge in [0.1, 0.15) is 5.82 Å². The highest BCUT2D eigenvalue weighted by Gasteiger charge is 2.31. The first-order valence-corrected chi connectivity index (χ1v) is 6.61. The van der Waals surface area contributed by atoms with Crippen molar-refractivity contribution in [2.45, 2.75) is 12.6 Å². The summed E-state index contributed by atoms with van der Waals surface area (Å²) in [7, 11) is 0. The second kappa shape index (κ2) is 5.54. The summed E-state index contributed by atoms with van der Waals surface area (Å²) in [5.74, 6) is -1.68. The number of ketones is 1. The number of benzene rings is 1. The van der Waals surface area contributed by atoms with Gasteiger partial charge in [-0.2, -0.15) is 13.2 Å². The summed E-state index contributed by atoms with van der Waals surface area (Å²) in [5.41, 5.74) is -1.61. The number of hydrogen-bond acceptors (Lipinski definition) is 2. The molecule has 1 nitrogen and oxygen atoms in total. The van der Waals surface area contributed by atoms with E-state index in [0.29, 0.717) is 27.4 Å². The Morgan fingerprint density at radius 3 is 2.45 bits per heavy atom. The molecule has 0 saturated heterocycles. The second-order valence-electron chi connectivity index (χ2n) is 4.00. The first-order chi connectivity index (χ1) is 9.27. The molecule has 0 atom stereocenters. The number of hydrogen-bond donors (Lipinski definition) is 0. The van der Waals surface area contributed by atoms with Crippen LogP contribution in [0.25, 0.3) is 0 Å². The maximum atomic E-state index is 13.5. The van der Waals surface area contributed by atoms with Crippen LogP contribution in [0.1, 0.15) is 20.8 Å². The van der Waals surface area contributed by atoms with Gasteiger partial charge in [0.25, 0.3) is 0 Å². The fourth-order valence-corrected chi connectivity index (χ4v) is 2.70. The number of carbonyl (C=O) groups excluding carboxylic acids is 1. The molecule has 1 aromatic carbocycles. The molecule has 0 N–H and O–H groups in total. The monoisotopic (exact) mass is 322 g/mol. The van der Waals surface area contributed by atoms with Gasteiger partial charge in [0.05, 0.1) is 15.5 Å². The van der Waals surface area contributed by atoms with Crippen molar-refractivity contribution in [3.05, 3.63) is 56.5 Å². The number of rotatable bonds is 3. The lowest BCUT2D eigenvalue weighted by atomic mass is 10.0. The molecule has 2 aromatic rings. The minimum atomic E-state index is -4.62. The highest BCUT2D eigenvalue weighted by molar-refractivity contribution is 7.16. The molecule has 1 aromatic heterocycles. The number of alkyl halides is 3. The highest BCUT2D eigenvalue weighted by atomic mass is 35.5. The van der Waals surface area contributed by atoms with Crippen LogP contribution in [-0.4, -0.2) is 5.78 Å². The van der Waals surface area contributed by atoms with Crippen molar-refractivity contribution in [3.8, 4) is 0 Å². The number of carbonyl (C=O) groups is 1. The number of halogens is 5. The molecular weight excluding hydrogens is 316 g/mol. The van der Waals surface area contributed by atoms with Crippen LogP contribution < -0.4 is 0 Å². The summed E-state index contributed by atoms with van der Waals surface area (Å²) in [6.07, 6.45) is -4.80. The maximum Gasteiger partial charge on any atom is 0.416 e. The Kier molecular flexibility index (Phi) is 4.15. The van der Waals surface area contributed by atoms with Crippen LogP contribution in [0.3, 0.4) is 0 Å². The van der Waals surface area contributed by atoms with Crippen molar-refractivity contribution in [3.63, 3.8) is 0 Å². The van der Waals surface area contributed by atoms with Gasteiger partial charge in [0, 0.05) is 11.3 Å². The summed E-state index contributed by atoms with van der Waals surface area (Å²) in [5, 5.41) is 0. The van der Waals surface area contributed by atoms with Gasteiger partial charge in [-0.3, -0.25) is 4.79 Å². The first kappa shape index (κ1) is 15.0. The lowest BCUT2D eigenvalue weighted by Crippen LogP contribution is -2.10. The van der Waals surface area contributed by atoms with Crippen molar-refractivity contribution in [2.24, 2.45) is 0 Å². The minimum Gasteiger partial charge on any atom is -0.294 e.